The zero-order valence-corrected chi connectivity index (χ0v) is 11.3. The van der Waals surface area contributed by atoms with Gasteiger partial charge in [-0.3, -0.25) is 0 Å². The summed E-state index contributed by atoms with van der Waals surface area (Å²) < 4.78 is 0. The van der Waals surface area contributed by atoms with E-state index in [1.807, 2.05) is 36.7 Å². The molecule has 0 atom stereocenters. The Bertz CT molecular complexity index is 892. The van der Waals surface area contributed by atoms with Gasteiger partial charge in [-0.15, -0.1) is 0 Å². The molecule has 0 fully saturated rings. The molecule has 0 aliphatic carbocycles. The summed E-state index contributed by atoms with van der Waals surface area (Å²) in [4.78, 5) is 8.31. The molecule has 0 aliphatic rings. The van der Waals surface area contributed by atoms with Crippen LogP contribution in [-0.2, 0) is 0 Å². The van der Waals surface area contributed by atoms with E-state index in [1.165, 1.54) is 0 Å². The number of nitrogens with zero attached hydrogens (tertiary/aromatic N) is 2. The van der Waals surface area contributed by atoms with E-state index < -0.39 is 0 Å². The molecule has 4 rings (SSSR count). The van der Waals surface area contributed by atoms with Crippen LogP contribution in [0.1, 0.15) is 0 Å². The van der Waals surface area contributed by atoms with Gasteiger partial charge in [0.05, 0.1) is 0 Å². The van der Waals surface area contributed by atoms with Gasteiger partial charge in [0, 0.05) is 23.5 Å². The minimum atomic E-state index is 0.821. The molecule has 0 N–H and O–H groups in total. The van der Waals surface area contributed by atoms with Gasteiger partial charge in [0.25, 0.3) is 0 Å². The fourth-order valence-corrected chi connectivity index (χ4v) is 2.90. The summed E-state index contributed by atoms with van der Waals surface area (Å²) in [7, 11) is 6.37. The first-order chi connectivity index (χ1) is 10.4. The standard InChI is InChI=1S/C18H11BN2/c19-18-15-7-3-1-5-13(15)17(12-9-20-11-21-10-12)14-6-2-4-8-16(14)18/h1-11H. The highest BCUT2D eigenvalue weighted by atomic mass is 14.8. The van der Waals surface area contributed by atoms with Crippen LogP contribution in [0.25, 0.3) is 32.7 Å². The van der Waals surface area contributed by atoms with Gasteiger partial charge in [0.1, 0.15) is 14.2 Å². The number of hydrogen-bond donors (Lipinski definition) is 0. The maximum absolute atomic E-state index is 6.37. The molecule has 3 heteroatoms. The molecule has 0 saturated heterocycles. The van der Waals surface area contributed by atoms with Gasteiger partial charge in [-0.1, -0.05) is 54.0 Å². The zero-order chi connectivity index (χ0) is 14.2. The van der Waals surface area contributed by atoms with E-state index in [2.05, 4.69) is 34.2 Å². The average Bonchev–Trinajstić information content (AvgIpc) is 2.56. The van der Waals surface area contributed by atoms with Gasteiger partial charge in [0.15, 0.2) is 0 Å². The molecule has 0 amide bonds. The molecule has 0 spiro atoms. The van der Waals surface area contributed by atoms with Crippen LogP contribution in [0.2, 0.25) is 0 Å². The Morgan fingerprint density at radius 1 is 0.667 bits per heavy atom. The van der Waals surface area contributed by atoms with Crippen molar-refractivity contribution in [2.75, 3.05) is 0 Å². The Hall–Kier alpha value is -2.68. The van der Waals surface area contributed by atoms with Crippen molar-refractivity contribution in [3.8, 4) is 11.1 Å². The molecule has 96 valence electrons. The van der Waals surface area contributed by atoms with Crippen LogP contribution in [0.15, 0.2) is 67.3 Å². The highest BCUT2D eigenvalue weighted by Gasteiger charge is 2.12. The van der Waals surface area contributed by atoms with Crippen LogP contribution in [0.4, 0.5) is 0 Å². The predicted molar refractivity (Wildman–Crippen MR) is 87.9 cm³/mol. The monoisotopic (exact) mass is 266 g/mol. The Labute approximate surface area is 123 Å². The van der Waals surface area contributed by atoms with Gasteiger partial charge in [0.2, 0.25) is 0 Å². The Morgan fingerprint density at radius 3 is 1.67 bits per heavy atom. The molecule has 4 aromatic rings. The summed E-state index contributed by atoms with van der Waals surface area (Å²) in [6, 6.07) is 16.4. The number of rotatable bonds is 1. The SMILES string of the molecule is [B]c1c2ccccc2c(-c2cncnc2)c2ccccc12. The Morgan fingerprint density at radius 2 is 1.14 bits per heavy atom. The first-order valence-electron chi connectivity index (χ1n) is 6.80. The van der Waals surface area contributed by atoms with E-state index in [-0.39, 0.29) is 0 Å². The molecular weight excluding hydrogens is 255 g/mol. The van der Waals surface area contributed by atoms with Crippen LogP contribution in [0, 0.1) is 0 Å². The molecule has 0 unspecified atom stereocenters. The second kappa shape index (κ2) is 4.71. The summed E-state index contributed by atoms with van der Waals surface area (Å²) in [5, 5.41) is 4.39. The maximum atomic E-state index is 6.37. The van der Waals surface area contributed by atoms with Crippen molar-refractivity contribution in [1.82, 2.24) is 9.97 Å². The fraction of sp³-hybridized carbons (Fsp3) is 0. The molecule has 0 bridgehead atoms. The summed E-state index contributed by atoms with van der Waals surface area (Å²) >= 11 is 0. The number of benzene rings is 3. The average molecular weight is 266 g/mol. The topological polar surface area (TPSA) is 25.8 Å². The van der Waals surface area contributed by atoms with Crippen molar-refractivity contribution in [1.29, 1.82) is 0 Å². The van der Waals surface area contributed by atoms with Crippen molar-refractivity contribution in [2.45, 2.75) is 0 Å². The zero-order valence-electron chi connectivity index (χ0n) is 11.3. The van der Waals surface area contributed by atoms with Crippen molar-refractivity contribution < 1.29 is 0 Å². The quantitative estimate of drug-likeness (QED) is 0.390. The molecule has 0 saturated carbocycles. The van der Waals surface area contributed by atoms with Gasteiger partial charge < -0.3 is 0 Å². The first-order valence-corrected chi connectivity index (χ1v) is 6.80. The van der Waals surface area contributed by atoms with Gasteiger partial charge in [-0.2, -0.15) is 0 Å². The summed E-state index contributed by atoms with van der Waals surface area (Å²) in [6.07, 6.45) is 5.24. The third-order valence-electron chi connectivity index (χ3n) is 3.82. The van der Waals surface area contributed by atoms with E-state index in [0.29, 0.717) is 0 Å². The van der Waals surface area contributed by atoms with Crippen LogP contribution in [0.5, 0.6) is 0 Å². The summed E-state index contributed by atoms with van der Waals surface area (Å²) in [5.41, 5.74) is 2.96. The van der Waals surface area contributed by atoms with Crippen LogP contribution < -0.4 is 5.46 Å². The second-order valence-corrected chi connectivity index (χ2v) is 5.01. The van der Waals surface area contributed by atoms with Gasteiger partial charge in [-0.25, -0.2) is 9.97 Å². The number of aromatic nitrogens is 2. The lowest BCUT2D eigenvalue weighted by molar-refractivity contribution is 1.17. The van der Waals surface area contributed by atoms with Crippen molar-refractivity contribution in [2.24, 2.45) is 0 Å². The van der Waals surface area contributed by atoms with E-state index >= 15 is 0 Å². The van der Waals surface area contributed by atoms with E-state index in [1.54, 1.807) is 6.33 Å². The predicted octanol–water partition coefficient (Wildman–Crippen LogP) is 3.24. The molecule has 21 heavy (non-hydrogen) atoms. The maximum Gasteiger partial charge on any atom is 0.115 e. The molecule has 2 nitrogen and oxygen atoms in total. The third-order valence-corrected chi connectivity index (χ3v) is 3.82. The smallest absolute Gasteiger partial charge is 0.115 e. The van der Waals surface area contributed by atoms with Gasteiger partial charge >= 0.3 is 0 Å². The lowest BCUT2D eigenvalue weighted by Crippen LogP contribution is -2.07. The Kier molecular flexibility index (Phi) is 2.71. The van der Waals surface area contributed by atoms with E-state index in [0.717, 1.165) is 38.1 Å². The largest absolute Gasteiger partial charge is 0.244 e. The highest BCUT2D eigenvalue weighted by molar-refractivity contribution is 6.46. The van der Waals surface area contributed by atoms with Crippen molar-refractivity contribution in [3.63, 3.8) is 0 Å². The third kappa shape index (κ3) is 1.82. The normalized spacial score (nSPS) is 11.0. The highest BCUT2D eigenvalue weighted by Crippen LogP contribution is 2.34. The van der Waals surface area contributed by atoms with Crippen molar-refractivity contribution >= 4 is 34.9 Å². The molecule has 1 heterocycles. The van der Waals surface area contributed by atoms with Crippen LogP contribution in [0.3, 0.4) is 0 Å². The minimum absolute atomic E-state index is 0.821. The Balaban J connectivity index is 2.28. The molecule has 2 radical (unpaired) electrons. The number of fused-ring (bicyclic) bond motifs is 2. The molecular formula is C18H11BN2. The second-order valence-electron chi connectivity index (χ2n) is 5.01. The molecule has 3 aromatic carbocycles. The summed E-state index contributed by atoms with van der Waals surface area (Å²) in [5.74, 6) is 0. The first kappa shape index (κ1) is 12.1. The van der Waals surface area contributed by atoms with Crippen molar-refractivity contribution in [3.05, 3.63) is 67.3 Å². The fourth-order valence-electron chi connectivity index (χ4n) is 2.90. The lowest BCUT2D eigenvalue weighted by Gasteiger charge is -2.14. The number of hydrogen-bond acceptors (Lipinski definition) is 2. The van der Waals surface area contributed by atoms with Gasteiger partial charge in [-0.05, 0) is 21.5 Å². The lowest BCUT2D eigenvalue weighted by atomic mass is 9.81. The van der Waals surface area contributed by atoms with E-state index in [4.69, 9.17) is 7.85 Å². The minimum Gasteiger partial charge on any atom is -0.244 e. The van der Waals surface area contributed by atoms with Crippen LogP contribution >= 0.6 is 0 Å². The molecule has 0 aliphatic heterocycles. The van der Waals surface area contributed by atoms with Crippen LogP contribution in [-0.4, -0.2) is 17.8 Å². The summed E-state index contributed by atoms with van der Waals surface area (Å²) in [6.45, 7) is 0. The van der Waals surface area contributed by atoms with E-state index in [9.17, 15) is 0 Å². The molecule has 1 aromatic heterocycles.